The molecule has 0 amide bonds. The molecule has 6 aliphatic rings. The van der Waals surface area contributed by atoms with Crippen LogP contribution in [0.25, 0.3) is 0 Å². The fourth-order valence-electron chi connectivity index (χ4n) is 7.79. The zero-order valence-corrected chi connectivity index (χ0v) is 15.7. The van der Waals surface area contributed by atoms with Gasteiger partial charge in [-0.15, -0.1) is 0 Å². The van der Waals surface area contributed by atoms with Crippen LogP contribution in [0.5, 0.6) is 0 Å². The molecule has 4 saturated carbocycles. The van der Waals surface area contributed by atoms with Crippen molar-refractivity contribution in [2.45, 2.75) is 51.1 Å². The van der Waals surface area contributed by atoms with Crippen molar-refractivity contribution in [2.75, 3.05) is 6.61 Å². The summed E-state index contributed by atoms with van der Waals surface area (Å²) in [7, 11) is 0. The van der Waals surface area contributed by atoms with Crippen LogP contribution in [0.1, 0.15) is 33.1 Å². The molecule has 0 aromatic heterocycles. The van der Waals surface area contributed by atoms with Crippen molar-refractivity contribution < 1.29 is 29.6 Å². The SMILES string of the molecule is C=C1CC(C)(C)[C@H]2[C@H](O)[C@]3(O)OC[C@]2(C1=O)[C@@H]1CC[C@H]2C(=C)C(=O)[C@]13[C@@H]2O. The number of ether oxygens (including phenoxy) is 1. The van der Waals surface area contributed by atoms with E-state index in [1.807, 2.05) is 13.8 Å². The predicted molar refractivity (Wildman–Crippen MR) is 94.2 cm³/mol. The highest BCUT2D eigenvalue weighted by molar-refractivity contribution is 6.08. The average molecular weight is 374 g/mol. The van der Waals surface area contributed by atoms with Gasteiger partial charge in [-0.05, 0) is 41.7 Å². The lowest BCUT2D eigenvalue weighted by Gasteiger charge is -2.73. The third-order valence-corrected chi connectivity index (χ3v) is 8.55. The normalized spacial score (nSPS) is 55.5. The topological polar surface area (TPSA) is 104 Å². The van der Waals surface area contributed by atoms with Gasteiger partial charge in [0.15, 0.2) is 11.6 Å². The number of ketones is 2. The molecule has 2 spiro atoms. The van der Waals surface area contributed by atoms with Crippen molar-refractivity contribution in [3.63, 3.8) is 0 Å². The van der Waals surface area contributed by atoms with Gasteiger partial charge >= 0.3 is 0 Å². The van der Waals surface area contributed by atoms with Crippen molar-refractivity contribution in [1.29, 1.82) is 0 Å². The first-order chi connectivity index (χ1) is 12.5. The standard InChI is InChI=1S/C21H26O6/c1-9-7-18(3,4)13-17(25)21(26)20-12(19(13,8-27-21)14(9)22)6-5-11(16(20)24)10(2)15(20)23/h11-13,16-17,24-26H,1-2,5-8H2,3-4H3/t11-,12-,13+,16+,17-,19-,20-,21-/m0/s1. The van der Waals surface area contributed by atoms with Gasteiger partial charge in [0.25, 0.3) is 0 Å². The Labute approximate surface area is 157 Å². The third kappa shape index (κ3) is 1.47. The Morgan fingerprint density at radius 1 is 1.07 bits per heavy atom. The van der Waals surface area contributed by atoms with E-state index >= 15 is 0 Å². The third-order valence-electron chi connectivity index (χ3n) is 8.55. The molecule has 27 heavy (non-hydrogen) atoms. The second kappa shape index (κ2) is 4.62. The zero-order valence-electron chi connectivity index (χ0n) is 15.7. The molecule has 8 atom stereocenters. The van der Waals surface area contributed by atoms with Crippen LogP contribution in [0.4, 0.5) is 0 Å². The number of hydrogen-bond acceptors (Lipinski definition) is 6. The number of rotatable bonds is 0. The molecule has 4 aliphatic carbocycles. The van der Waals surface area contributed by atoms with E-state index in [9.17, 15) is 24.9 Å². The first-order valence-electron chi connectivity index (χ1n) is 9.66. The van der Waals surface area contributed by atoms with Gasteiger partial charge in [-0.3, -0.25) is 9.59 Å². The van der Waals surface area contributed by atoms with Crippen LogP contribution in [0.15, 0.2) is 24.3 Å². The van der Waals surface area contributed by atoms with E-state index in [-0.39, 0.29) is 18.0 Å². The summed E-state index contributed by atoms with van der Waals surface area (Å²) in [6.45, 7) is 11.7. The van der Waals surface area contributed by atoms with Crippen LogP contribution >= 0.6 is 0 Å². The first kappa shape index (κ1) is 17.7. The van der Waals surface area contributed by atoms with Crippen LogP contribution < -0.4 is 0 Å². The van der Waals surface area contributed by atoms with Gasteiger partial charge in [0.1, 0.15) is 11.5 Å². The molecule has 0 aromatic rings. The highest BCUT2D eigenvalue weighted by Crippen LogP contribution is 2.75. The summed E-state index contributed by atoms with van der Waals surface area (Å²) in [6.07, 6.45) is -1.25. The van der Waals surface area contributed by atoms with Crippen molar-refractivity contribution in [3.05, 3.63) is 24.3 Å². The Morgan fingerprint density at radius 3 is 2.41 bits per heavy atom. The van der Waals surface area contributed by atoms with E-state index in [2.05, 4.69) is 13.2 Å². The summed E-state index contributed by atoms with van der Waals surface area (Å²) in [4.78, 5) is 26.9. The molecule has 2 saturated heterocycles. The van der Waals surface area contributed by atoms with Crippen molar-refractivity contribution in [1.82, 2.24) is 0 Å². The van der Waals surface area contributed by atoms with E-state index in [1.54, 1.807) is 0 Å². The van der Waals surface area contributed by atoms with E-state index < -0.39 is 57.8 Å². The second-order valence-corrected chi connectivity index (χ2v) is 9.95. The Kier molecular flexibility index (Phi) is 3.04. The molecule has 6 rings (SSSR count). The quantitative estimate of drug-likeness (QED) is 0.541. The number of aliphatic hydroxyl groups excluding tert-OH is 2. The molecule has 4 bridgehead atoms. The largest absolute Gasteiger partial charge is 0.391 e. The van der Waals surface area contributed by atoms with E-state index in [0.717, 1.165) is 0 Å². The number of carbonyl (C=O) groups is 2. The lowest BCUT2D eigenvalue weighted by atomic mass is 9.35. The lowest BCUT2D eigenvalue weighted by Crippen LogP contribution is -2.85. The molecule has 2 aliphatic heterocycles. The van der Waals surface area contributed by atoms with Gasteiger partial charge in [-0.2, -0.15) is 0 Å². The summed E-state index contributed by atoms with van der Waals surface area (Å²) < 4.78 is 5.75. The molecule has 3 N–H and O–H groups in total. The maximum absolute atomic E-state index is 13.5. The lowest BCUT2D eigenvalue weighted by molar-refractivity contribution is -0.436. The molecule has 6 fully saturated rings. The maximum Gasteiger partial charge on any atom is 0.208 e. The molecule has 2 heterocycles. The molecular weight excluding hydrogens is 348 g/mol. The predicted octanol–water partition coefficient (Wildman–Crippen LogP) is 0.750. The van der Waals surface area contributed by atoms with Crippen LogP contribution in [0, 0.1) is 34.0 Å². The van der Waals surface area contributed by atoms with E-state index in [1.165, 1.54) is 0 Å². The highest BCUT2D eigenvalue weighted by atomic mass is 16.6. The summed E-state index contributed by atoms with van der Waals surface area (Å²) in [5, 5.41) is 34.1. The molecule has 0 aromatic carbocycles. The number of carbonyl (C=O) groups excluding carboxylic acids is 2. The fourth-order valence-corrected chi connectivity index (χ4v) is 7.79. The monoisotopic (exact) mass is 374 g/mol. The van der Waals surface area contributed by atoms with Gasteiger partial charge in [-0.25, -0.2) is 0 Å². The molecule has 6 heteroatoms. The minimum absolute atomic E-state index is 0.0733. The van der Waals surface area contributed by atoms with Crippen molar-refractivity contribution in [3.8, 4) is 0 Å². The summed E-state index contributed by atoms with van der Waals surface area (Å²) in [5.41, 5.74) is -2.71. The van der Waals surface area contributed by atoms with Gasteiger partial charge in [0.05, 0.1) is 18.1 Å². The minimum Gasteiger partial charge on any atom is -0.391 e. The van der Waals surface area contributed by atoms with Crippen LogP contribution in [-0.2, 0) is 14.3 Å². The molecule has 0 unspecified atom stereocenters. The Morgan fingerprint density at radius 2 is 1.74 bits per heavy atom. The molecule has 0 radical (unpaired) electrons. The second-order valence-electron chi connectivity index (χ2n) is 9.95. The number of hydrogen-bond donors (Lipinski definition) is 3. The Bertz CT molecular complexity index is 829. The van der Waals surface area contributed by atoms with Crippen molar-refractivity contribution in [2.24, 2.45) is 34.0 Å². The number of allylic oxidation sites excluding steroid dienone is 1. The van der Waals surface area contributed by atoms with Crippen LogP contribution in [0.2, 0.25) is 0 Å². The summed E-state index contributed by atoms with van der Waals surface area (Å²) in [5.74, 6) is -4.56. The maximum atomic E-state index is 13.5. The summed E-state index contributed by atoms with van der Waals surface area (Å²) in [6, 6.07) is 0. The smallest absolute Gasteiger partial charge is 0.208 e. The van der Waals surface area contributed by atoms with Gasteiger partial charge in [0, 0.05) is 11.8 Å². The van der Waals surface area contributed by atoms with Gasteiger partial charge < -0.3 is 20.1 Å². The number of Topliss-reactive ketones (excluding diaryl/α,β-unsaturated/α-hetero) is 2. The zero-order chi connectivity index (χ0) is 19.7. The minimum atomic E-state index is -2.23. The van der Waals surface area contributed by atoms with Crippen LogP contribution in [-0.4, -0.2) is 51.5 Å². The number of aliphatic hydroxyl groups is 3. The van der Waals surface area contributed by atoms with E-state index in [0.29, 0.717) is 24.8 Å². The van der Waals surface area contributed by atoms with Crippen molar-refractivity contribution >= 4 is 11.6 Å². The molecule has 6 nitrogen and oxygen atoms in total. The first-order valence-corrected chi connectivity index (χ1v) is 9.66. The number of fused-ring (bicyclic) bond motifs is 2. The Hall–Kier alpha value is -1.34. The van der Waals surface area contributed by atoms with Gasteiger partial charge in [-0.1, -0.05) is 27.0 Å². The molecular formula is C21H26O6. The Balaban J connectivity index is 1.84. The van der Waals surface area contributed by atoms with Gasteiger partial charge in [0.2, 0.25) is 5.79 Å². The van der Waals surface area contributed by atoms with Crippen LogP contribution in [0.3, 0.4) is 0 Å². The van der Waals surface area contributed by atoms with E-state index in [4.69, 9.17) is 4.74 Å². The molecule has 146 valence electrons. The fraction of sp³-hybridized carbons (Fsp3) is 0.714. The highest BCUT2D eigenvalue weighted by Gasteiger charge is 2.87. The summed E-state index contributed by atoms with van der Waals surface area (Å²) >= 11 is 0. The average Bonchev–Trinajstić information content (AvgIpc) is 2.70.